The summed E-state index contributed by atoms with van der Waals surface area (Å²) in [7, 11) is 0. The number of amides is 3. The van der Waals surface area contributed by atoms with Crippen molar-refractivity contribution in [3.05, 3.63) is 0 Å². The number of aliphatic hydroxyl groups excluding tert-OH is 1. The normalized spacial score (nSPS) is 14.4. The van der Waals surface area contributed by atoms with Crippen LogP contribution < -0.4 is 27.4 Å². The first-order valence-electron chi connectivity index (χ1n) is 12.4. The van der Waals surface area contributed by atoms with Crippen LogP contribution in [0.25, 0.3) is 0 Å². The van der Waals surface area contributed by atoms with Crippen LogP contribution in [0.4, 0.5) is 13.2 Å². The molecule has 0 bridgehead atoms. The maximum atomic E-state index is 12.9. The number of carbonyl (C=O) groups is 5. The van der Waals surface area contributed by atoms with Crippen LogP contribution in [0.5, 0.6) is 0 Å². The molecule has 0 saturated heterocycles. The zero-order chi connectivity index (χ0) is 30.9. The number of hydrogen-bond donors (Lipinski definition) is 8. The Morgan fingerprint density at radius 3 is 1.46 bits per heavy atom. The van der Waals surface area contributed by atoms with E-state index in [1.165, 1.54) is 0 Å². The Balaban J connectivity index is 0. The first-order valence-corrected chi connectivity index (χ1v) is 12.4. The molecule has 0 rings (SSSR count). The summed E-state index contributed by atoms with van der Waals surface area (Å²) in [5, 5.41) is 33.3. The molecule has 0 aliphatic rings. The Morgan fingerprint density at radius 1 is 0.769 bits per heavy atom. The Kier molecular flexibility index (Phi) is 18.7. The number of rotatable bonds is 16. The van der Waals surface area contributed by atoms with Gasteiger partial charge in [-0.2, -0.15) is 13.2 Å². The molecule has 0 spiro atoms. The monoisotopic (exact) mass is 573 g/mol. The smallest absolute Gasteiger partial charge is 0.480 e. The highest BCUT2D eigenvalue weighted by Crippen LogP contribution is 2.13. The zero-order valence-electron chi connectivity index (χ0n) is 22.6. The van der Waals surface area contributed by atoms with Crippen molar-refractivity contribution in [2.24, 2.45) is 23.3 Å². The largest absolute Gasteiger partial charge is 0.490 e. The molecule has 10 N–H and O–H groups in total. The molecule has 0 radical (unpaired) electrons. The third-order valence-corrected chi connectivity index (χ3v) is 5.02. The van der Waals surface area contributed by atoms with E-state index in [1.807, 2.05) is 27.7 Å². The molecule has 0 saturated carbocycles. The van der Waals surface area contributed by atoms with E-state index in [4.69, 9.17) is 26.5 Å². The number of halogens is 3. The summed E-state index contributed by atoms with van der Waals surface area (Å²) in [4.78, 5) is 58.2. The molecule has 16 heteroatoms. The summed E-state index contributed by atoms with van der Waals surface area (Å²) >= 11 is 0. The van der Waals surface area contributed by atoms with Gasteiger partial charge in [0.1, 0.15) is 24.2 Å². The first kappa shape index (κ1) is 38.2. The Labute approximate surface area is 225 Å². The molecule has 0 aliphatic heterocycles. The number of aliphatic carboxylic acids is 2. The van der Waals surface area contributed by atoms with Crippen LogP contribution in [0.15, 0.2) is 0 Å². The third kappa shape index (κ3) is 18.0. The van der Waals surface area contributed by atoms with Crippen molar-refractivity contribution in [3.8, 4) is 0 Å². The van der Waals surface area contributed by atoms with Crippen LogP contribution in [0.2, 0.25) is 0 Å². The van der Waals surface area contributed by atoms with E-state index < -0.39 is 66.6 Å². The standard InChI is InChI=1S/C21H41N5O6.C2HF3O2/c1-12(2)9-16(25-18(28)14(23)11-27)20(30)26-17(10-13(3)4)19(29)24-15(21(31)32)7-5-6-8-22;3-2(4,5)1(6)7/h12-17,27H,5-11,22-23H2,1-4H3,(H,24,29)(H,25,28)(H,26,30)(H,31,32);(H,6,7)/t14-,15-,16-,17-;/m0./s1. The summed E-state index contributed by atoms with van der Waals surface area (Å²) in [5.41, 5.74) is 11.0. The van der Waals surface area contributed by atoms with Gasteiger partial charge in [0.25, 0.3) is 0 Å². The zero-order valence-corrected chi connectivity index (χ0v) is 22.6. The van der Waals surface area contributed by atoms with E-state index in [1.54, 1.807) is 0 Å². The average Bonchev–Trinajstić information content (AvgIpc) is 2.80. The van der Waals surface area contributed by atoms with Gasteiger partial charge in [-0.1, -0.05) is 27.7 Å². The summed E-state index contributed by atoms with van der Waals surface area (Å²) in [6.07, 6.45) is -3.10. The van der Waals surface area contributed by atoms with Crippen LogP contribution in [-0.2, 0) is 24.0 Å². The summed E-state index contributed by atoms with van der Waals surface area (Å²) in [5.74, 6) is -5.69. The van der Waals surface area contributed by atoms with Crippen molar-refractivity contribution in [2.45, 2.75) is 90.1 Å². The predicted octanol–water partition coefficient (Wildman–Crippen LogP) is -0.300. The maximum Gasteiger partial charge on any atom is 0.490 e. The summed E-state index contributed by atoms with van der Waals surface area (Å²) in [6.45, 7) is 7.34. The lowest BCUT2D eigenvalue weighted by Crippen LogP contribution is -2.57. The summed E-state index contributed by atoms with van der Waals surface area (Å²) in [6, 6.07) is -4.19. The molecule has 0 aromatic heterocycles. The highest BCUT2D eigenvalue weighted by atomic mass is 19.4. The maximum absolute atomic E-state index is 12.9. The molecule has 4 atom stereocenters. The number of hydrogen-bond acceptors (Lipinski definition) is 8. The van der Waals surface area contributed by atoms with E-state index in [2.05, 4.69) is 16.0 Å². The second-order valence-electron chi connectivity index (χ2n) is 9.66. The molecule has 3 amide bonds. The number of carbonyl (C=O) groups excluding carboxylic acids is 3. The fourth-order valence-electron chi connectivity index (χ4n) is 3.06. The highest BCUT2D eigenvalue weighted by molar-refractivity contribution is 5.94. The van der Waals surface area contributed by atoms with Crippen LogP contribution >= 0.6 is 0 Å². The minimum Gasteiger partial charge on any atom is -0.480 e. The Hall–Kier alpha value is -2.98. The molecule has 0 aliphatic carbocycles. The van der Waals surface area contributed by atoms with Gasteiger partial charge < -0.3 is 42.7 Å². The van der Waals surface area contributed by atoms with E-state index in [9.17, 15) is 37.5 Å². The molecule has 0 aromatic rings. The van der Waals surface area contributed by atoms with Crippen molar-refractivity contribution < 1.29 is 52.5 Å². The van der Waals surface area contributed by atoms with E-state index in [-0.39, 0.29) is 24.7 Å². The topological polar surface area (TPSA) is 234 Å². The van der Waals surface area contributed by atoms with Gasteiger partial charge in [0.05, 0.1) is 6.61 Å². The van der Waals surface area contributed by atoms with Gasteiger partial charge in [-0.3, -0.25) is 14.4 Å². The third-order valence-electron chi connectivity index (χ3n) is 5.02. The number of unbranched alkanes of at least 4 members (excludes halogenated alkanes) is 1. The van der Waals surface area contributed by atoms with E-state index in [0.29, 0.717) is 25.8 Å². The molecule has 0 heterocycles. The molecular formula is C23H42F3N5O8. The average molecular weight is 574 g/mol. The molecule has 39 heavy (non-hydrogen) atoms. The van der Waals surface area contributed by atoms with Gasteiger partial charge in [0.15, 0.2) is 0 Å². The van der Waals surface area contributed by atoms with Crippen molar-refractivity contribution in [1.29, 1.82) is 0 Å². The van der Waals surface area contributed by atoms with Crippen molar-refractivity contribution in [2.75, 3.05) is 13.2 Å². The predicted molar refractivity (Wildman–Crippen MR) is 134 cm³/mol. The molecule has 0 fully saturated rings. The van der Waals surface area contributed by atoms with Gasteiger partial charge in [-0.05, 0) is 50.5 Å². The van der Waals surface area contributed by atoms with Gasteiger partial charge in [-0.15, -0.1) is 0 Å². The lowest BCUT2D eigenvalue weighted by atomic mass is 9.99. The number of alkyl halides is 3. The van der Waals surface area contributed by atoms with Crippen LogP contribution in [0.1, 0.15) is 59.8 Å². The highest BCUT2D eigenvalue weighted by Gasteiger charge is 2.38. The minimum absolute atomic E-state index is 0.0347. The van der Waals surface area contributed by atoms with Gasteiger partial charge >= 0.3 is 18.1 Å². The van der Waals surface area contributed by atoms with E-state index in [0.717, 1.165) is 0 Å². The second-order valence-corrected chi connectivity index (χ2v) is 9.66. The minimum atomic E-state index is -5.08. The van der Waals surface area contributed by atoms with Crippen molar-refractivity contribution in [1.82, 2.24) is 16.0 Å². The SMILES string of the molecule is CC(C)C[C@H](NC(=O)[C@H](CC(C)C)NC(=O)[C@@H](N)CO)C(=O)N[C@@H](CCCCN)C(=O)O.O=C(O)C(F)(F)F. The lowest BCUT2D eigenvalue weighted by Gasteiger charge is -2.26. The Bertz CT molecular complexity index is 796. The Morgan fingerprint density at radius 2 is 1.15 bits per heavy atom. The van der Waals surface area contributed by atoms with Crippen LogP contribution in [0, 0.1) is 11.8 Å². The molecule has 228 valence electrons. The van der Waals surface area contributed by atoms with Gasteiger partial charge in [0.2, 0.25) is 17.7 Å². The fraction of sp³-hybridized carbons (Fsp3) is 0.783. The van der Waals surface area contributed by atoms with Crippen LogP contribution in [-0.4, -0.2) is 88.5 Å². The van der Waals surface area contributed by atoms with Gasteiger partial charge in [0, 0.05) is 0 Å². The summed E-state index contributed by atoms with van der Waals surface area (Å²) < 4.78 is 31.7. The van der Waals surface area contributed by atoms with E-state index >= 15 is 0 Å². The van der Waals surface area contributed by atoms with Gasteiger partial charge in [-0.25, -0.2) is 9.59 Å². The number of nitrogens with two attached hydrogens (primary N) is 2. The lowest BCUT2D eigenvalue weighted by molar-refractivity contribution is -0.192. The second kappa shape index (κ2) is 19.1. The first-order chi connectivity index (χ1) is 17.9. The van der Waals surface area contributed by atoms with Crippen molar-refractivity contribution in [3.63, 3.8) is 0 Å². The van der Waals surface area contributed by atoms with Crippen LogP contribution in [0.3, 0.4) is 0 Å². The number of aliphatic hydroxyl groups is 1. The molecular weight excluding hydrogens is 531 g/mol. The molecule has 13 nitrogen and oxygen atoms in total. The van der Waals surface area contributed by atoms with Crippen molar-refractivity contribution >= 4 is 29.7 Å². The number of carboxylic acid groups (broad SMARTS) is 2. The molecule has 0 unspecified atom stereocenters. The molecule has 0 aromatic carbocycles. The quantitative estimate of drug-likeness (QED) is 0.112. The fourth-order valence-corrected chi connectivity index (χ4v) is 3.06. The number of nitrogens with one attached hydrogen (secondary N) is 3. The number of carboxylic acids is 2.